The molecular weight excluding hydrogens is 500 g/mol. The van der Waals surface area contributed by atoms with Gasteiger partial charge in [-0.2, -0.15) is 0 Å². The molecule has 0 saturated carbocycles. The summed E-state index contributed by atoms with van der Waals surface area (Å²) in [6.07, 6.45) is 6.48. The molecule has 2 fully saturated rings. The maximum Gasteiger partial charge on any atom is 0.192 e. The van der Waals surface area contributed by atoms with Gasteiger partial charge in [-0.1, -0.05) is 46.2 Å². The number of morpholine rings is 1. The summed E-state index contributed by atoms with van der Waals surface area (Å²) in [6.45, 7) is 25.2. The highest BCUT2D eigenvalue weighted by molar-refractivity contribution is 6.74. The average molecular weight is 549 g/mol. The largest absolute Gasteiger partial charge is 0.416 e. The molecule has 2 aliphatic heterocycles. The monoisotopic (exact) mass is 548 g/mol. The van der Waals surface area contributed by atoms with Gasteiger partial charge in [0, 0.05) is 57.0 Å². The van der Waals surface area contributed by atoms with Gasteiger partial charge in [-0.15, -0.1) is 0 Å². The van der Waals surface area contributed by atoms with Crippen molar-refractivity contribution in [1.29, 1.82) is 0 Å². The molecule has 0 aromatic carbocycles. The van der Waals surface area contributed by atoms with Gasteiger partial charge >= 0.3 is 0 Å². The van der Waals surface area contributed by atoms with Crippen molar-refractivity contribution >= 4 is 25.4 Å². The third-order valence-electron chi connectivity index (χ3n) is 9.21. The van der Waals surface area contributed by atoms with E-state index < -0.39 is 8.32 Å². The summed E-state index contributed by atoms with van der Waals surface area (Å²) in [5.41, 5.74) is 2.32. The number of nitrogens with zero attached hydrogens (tertiary/aromatic N) is 4. The van der Waals surface area contributed by atoms with E-state index in [1.807, 2.05) is 13.1 Å². The molecule has 1 unspecified atom stereocenters. The van der Waals surface area contributed by atoms with Crippen LogP contribution in [0.15, 0.2) is 18.5 Å². The Hall–Kier alpha value is -0.963. The smallest absolute Gasteiger partial charge is 0.192 e. The Morgan fingerprint density at radius 2 is 1.97 bits per heavy atom. The molecule has 0 bridgehead atoms. The van der Waals surface area contributed by atoms with Crippen LogP contribution in [0.3, 0.4) is 0 Å². The van der Waals surface area contributed by atoms with Crippen molar-refractivity contribution in [3.63, 3.8) is 0 Å². The van der Waals surface area contributed by atoms with Crippen LogP contribution in [-0.4, -0.2) is 85.6 Å². The summed E-state index contributed by atoms with van der Waals surface area (Å²) in [4.78, 5) is 9.74. The average Bonchev–Trinajstić information content (AvgIpc) is 3.16. The Balaban J connectivity index is 1.31. The van der Waals surface area contributed by atoms with Crippen molar-refractivity contribution in [2.24, 2.45) is 5.92 Å². The predicted molar refractivity (Wildman–Crippen MR) is 156 cm³/mol. The first-order valence-electron chi connectivity index (χ1n) is 14.2. The number of fused-ring (bicyclic) bond motifs is 1. The Kier molecular flexibility index (Phi) is 9.14. The molecule has 0 radical (unpaired) electrons. The zero-order valence-corrected chi connectivity index (χ0v) is 26.1. The number of hydrogen-bond donors (Lipinski definition) is 0. The van der Waals surface area contributed by atoms with E-state index in [1.54, 1.807) is 0 Å². The van der Waals surface area contributed by atoms with Crippen molar-refractivity contribution < 1.29 is 9.16 Å². The van der Waals surface area contributed by atoms with Crippen LogP contribution in [0.1, 0.15) is 64.8 Å². The maximum atomic E-state index is 6.58. The molecule has 4 heterocycles. The Morgan fingerprint density at radius 3 is 2.65 bits per heavy atom. The molecule has 2 saturated heterocycles. The van der Waals surface area contributed by atoms with Gasteiger partial charge in [0.05, 0.1) is 29.9 Å². The SMILES string of the molecule is Cc1ncc2c(Cl)cc(C3CN(C(CC[C@@H]4COCCN4CCO[Si](C)(C)C(C)(C)C)C(C)C)C3)cn12. The molecule has 2 aromatic rings. The van der Waals surface area contributed by atoms with Crippen LogP contribution in [0.5, 0.6) is 0 Å². The third-order valence-corrected chi connectivity index (χ3v) is 14.1. The van der Waals surface area contributed by atoms with Crippen LogP contribution >= 0.6 is 11.6 Å². The highest BCUT2D eigenvalue weighted by Crippen LogP contribution is 2.37. The lowest BCUT2D eigenvalue weighted by Gasteiger charge is -2.47. The minimum Gasteiger partial charge on any atom is -0.416 e. The molecule has 2 aromatic heterocycles. The fourth-order valence-electron chi connectivity index (χ4n) is 5.60. The highest BCUT2D eigenvalue weighted by atomic mass is 35.5. The molecule has 0 amide bonds. The van der Waals surface area contributed by atoms with E-state index in [-0.39, 0.29) is 5.04 Å². The van der Waals surface area contributed by atoms with Gasteiger partial charge in [0.15, 0.2) is 8.32 Å². The van der Waals surface area contributed by atoms with E-state index in [0.29, 0.717) is 23.9 Å². The van der Waals surface area contributed by atoms with Crippen molar-refractivity contribution in [2.45, 2.75) is 90.5 Å². The minimum atomic E-state index is -1.71. The third kappa shape index (κ3) is 6.61. The van der Waals surface area contributed by atoms with Crippen LogP contribution in [0.4, 0.5) is 0 Å². The predicted octanol–water partition coefficient (Wildman–Crippen LogP) is 6.22. The molecule has 2 atom stereocenters. The lowest BCUT2D eigenvalue weighted by atomic mass is 9.86. The summed E-state index contributed by atoms with van der Waals surface area (Å²) < 4.78 is 14.6. The normalized spacial score (nSPS) is 21.6. The van der Waals surface area contributed by atoms with Crippen LogP contribution in [0.25, 0.3) is 5.52 Å². The number of imidazole rings is 1. The van der Waals surface area contributed by atoms with Gasteiger partial charge in [-0.25, -0.2) is 4.98 Å². The Morgan fingerprint density at radius 1 is 1.24 bits per heavy atom. The second kappa shape index (κ2) is 11.6. The molecule has 208 valence electrons. The van der Waals surface area contributed by atoms with Gasteiger partial charge in [0.2, 0.25) is 0 Å². The number of aromatic nitrogens is 2. The summed E-state index contributed by atoms with van der Waals surface area (Å²) in [7, 11) is -1.71. The molecule has 0 N–H and O–H groups in total. The molecular formula is C29H49ClN4O2Si. The van der Waals surface area contributed by atoms with Gasteiger partial charge in [-0.05, 0) is 55.4 Å². The number of pyridine rings is 1. The fourth-order valence-corrected chi connectivity index (χ4v) is 6.90. The molecule has 37 heavy (non-hydrogen) atoms. The lowest BCUT2D eigenvalue weighted by molar-refractivity contribution is -0.0226. The quantitative estimate of drug-likeness (QED) is 0.329. The van der Waals surface area contributed by atoms with Crippen molar-refractivity contribution in [3.05, 3.63) is 34.9 Å². The lowest BCUT2D eigenvalue weighted by Crippen LogP contribution is -2.53. The van der Waals surface area contributed by atoms with Crippen molar-refractivity contribution in [1.82, 2.24) is 19.2 Å². The van der Waals surface area contributed by atoms with Crippen molar-refractivity contribution in [3.8, 4) is 0 Å². The maximum absolute atomic E-state index is 6.58. The molecule has 4 rings (SSSR count). The van der Waals surface area contributed by atoms with E-state index >= 15 is 0 Å². The number of ether oxygens (including phenoxy) is 1. The zero-order chi connectivity index (χ0) is 27.0. The van der Waals surface area contributed by atoms with Crippen LogP contribution in [0.2, 0.25) is 23.2 Å². The number of aryl methyl sites for hydroxylation is 1. The number of likely N-dealkylation sites (tertiary alicyclic amines) is 1. The highest BCUT2D eigenvalue weighted by Gasteiger charge is 2.38. The number of halogens is 1. The summed E-state index contributed by atoms with van der Waals surface area (Å²) in [5, 5.41) is 1.05. The van der Waals surface area contributed by atoms with E-state index in [9.17, 15) is 0 Å². The van der Waals surface area contributed by atoms with Gasteiger partial charge in [0.25, 0.3) is 0 Å². The summed E-state index contributed by atoms with van der Waals surface area (Å²) in [6, 6.07) is 3.23. The van der Waals surface area contributed by atoms with Gasteiger partial charge in [0.1, 0.15) is 5.82 Å². The van der Waals surface area contributed by atoms with Crippen LogP contribution in [0, 0.1) is 12.8 Å². The molecule has 0 spiro atoms. The standard InChI is InChI=1S/C29H49ClN4O2Si/c1-21(2)27(33-17-24(18-33)23-15-26(30)28-16-31-22(3)34(28)19-23)10-9-25-20-35-13-11-32(25)12-14-36-37(7,8)29(4,5)6/h15-16,19,21,24-25,27H,9-14,17-18,20H2,1-8H3/t25-,27?/m1/s1. The van der Waals surface area contributed by atoms with Crippen LogP contribution in [-0.2, 0) is 9.16 Å². The van der Waals surface area contributed by atoms with E-state index in [4.69, 9.17) is 20.8 Å². The molecule has 8 heteroatoms. The zero-order valence-electron chi connectivity index (χ0n) is 24.4. The molecule has 2 aliphatic rings. The second-order valence-corrected chi connectivity index (χ2v) is 18.3. The first-order chi connectivity index (χ1) is 17.4. The van der Waals surface area contributed by atoms with Gasteiger partial charge in [-0.3, -0.25) is 9.80 Å². The Labute approximate surface area is 230 Å². The van der Waals surface area contributed by atoms with E-state index in [0.717, 1.165) is 62.4 Å². The first kappa shape index (κ1) is 29.0. The number of hydrogen-bond acceptors (Lipinski definition) is 5. The van der Waals surface area contributed by atoms with Crippen LogP contribution < -0.4 is 0 Å². The first-order valence-corrected chi connectivity index (χ1v) is 17.5. The number of rotatable bonds is 10. The topological polar surface area (TPSA) is 42.2 Å². The van der Waals surface area contributed by atoms with E-state index in [2.05, 4.69) is 79.2 Å². The summed E-state index contributed by atoms with van der Waals surface area (Å²) in [5.74, 6) is 2.15. The molecule has 0 aliphatic carbocycles. The Bertz CT molecular complexity index is 1040. The molecule has 6 nitrogen and oxygen atoms in total. The summed E-state index contributed by atoms with van der Waals surface area (Å²) >= 11 is 6.58. The second-order valence-electron chi connectivity index (χ2n) is 13.1. The minimum absolute atomic E-state index is 0.256. The fraction of sp³-hybridized carbons (Fsp3) is 0.759. The van der Waals surface area contributed by atoms with Crippen molar-refractivity contribution in [2.75, 3.05) is 46.0 Å². The van der Waals surface area contributed by atoms with Gasteiger partial charge < -0.3 is 13.6 Å². The van der Waals surface area contributed by atoms with E-state index in [1.165, 1.54) is 18.4 Å².